The molecule has 0 bridgehead atoms. The maximum Gasteiger partial charge on any atom is 0.248 e. The first-order chi connectivity index (χ1) is 7.99. The highest BCUT2D eigenvalue weighted by atomic mass is 35.5. The Hall–Kier alpha value is -0.960. The number of aromatic amines is 1. The van der Waals surface area contributed by atoms with Crippen molar-refractivity contribution in [2.75, 3.05) is 0 Å². The van der Waals surface area contributed by atoms with E-state index in [0.717, 1.165) is 11.3 Å². The summed E-state index contributed by atoms with van der Waals surface area (Å²) in [7, 11) is 0. The maximum absolute atomic E-state index is 11.2. The number of hydrogen-bond acceptors (Lipinski definition) is 1. The fraction of sp³-hybridized carbons (Fsp3) is 0.0833. The molecule has 0 aliphatic heterocycles. The van der Waals surface area contributed by atoms with Crippen LogP contribution in [0.25, 0.3) is 11.1 Å². The molecule has 1 aromatic heterocycles. The van der Waals surface area contributed by atoms with Gasteiger partial charge in [0.15, 0.2) is 0 Å². The second-order valence-corrected chi connectivity index (χ2v) is 4.83. The van der Waals surface area contributed by atoms with E-state index in [-0.39, 0.29) is 5.56 Å². The minimum Gasteiger partial charge on any atom is -0.326 e. The third-order valence-corrected chi connectivity index (χ3v) is 3.42. The average molecular weight is 289 g/mol. The number of benzene rings is 1. The molecule has 0 aliphatic rings. The van der Waals surface area contributed by atoms with Crippen molar-refractivity contribution in [2.24, 2.45) is 0 Å². The zero-order valence-electron chi connectivity index (χ0n) is 8.85. The highest BCUT2D eigenvalue weighted by Gasteiger charge is 2.11. The van der Waals surface area contributed by atoms with Crippen molar-refractivity contribution in [1.82, 2.24) is 4.98 Å². The molecule has 2 nitrogen and oxygen atoms in total. The van der Waals surface area contributed by atoms with Gasteiger partial charge in [0.2, 0.25) is 5.56 Å². The van der Waals surface area contributed by atoms with E-state index in [2.05, 4.69) is 4.98 Å². The summed E-state index contributed by atoms with van der Waals surface area (Å²) in [5.74, 6) is 0. The lowest BCUT2D eigenvalue weighted by molar-refractivity contribution is 1.15. The molecule has 0 unspecified atom stereocenters. The molecule has 0 spiro atoms. The first kappa shape index (κ1) is 12.5. The Morgan fingerprint density at radius 3 is 2.41 bits per heavy atom. The van der Waals surface area contributed by atoms with Crippen LogP contribution in [0, 0.1) is 6.92 Å². The molecule has 2 aromatic rings. The van der Waals surface area contributed by atoms with E-state index in [1.165, 1.54) is 6.07 Å². The summed E-state index contributed by atoms with van der Waals surface area (Å²) in [6, 6.07) is 6.43. The van der Waals surface area contributed by atoms with Gasteiger partial charge in [-0.2, -0.15) is 0 Å². The number of hydrogen-bond donors (Lipinski definition) is 1. The Bertz CT molecular complexity index is 634. The van der Waals surface area contributed by atoms with Gasteiger partial charge in [-0.25, -0.2) is 0 Å². The molecule has 0 aliphatic carbocycles. The number of H-pyrrole nitrogens is 1. The van der Waals surface area contributed by atoms with Gasteiger partial charge in [0.25, 0.3) is 0 Å². The first-order valence-corrected chi connectivity index (χ1v) is 5.97. The monoisotopic (exact) mass is 287 g/mol. The lowest BCUT2D eigenvalue weighted by Crippen LogP contribution is -2.05. The Morgan fingerprint density at radius 1 is 1.06 bits per heavy atom. The highest BCUT2D eigenvalue weighted by molar-refractivity contribution is 6.45. The fourth-order valence-corrected chi connectivity index (χ4v) is 2.33. The smallest absolute Gasteiger partial charge is 0.248 e. The molecule has 2 rings (SSSR count). The van der Waals surface area contributed by atoms with Gasteiger partial charge < -0.3 is 4.98 Å². The standard InChI is InChI=1S/C12H8Cl3NO/c1-6-8(2-3-11(17)16-6)9-4-7(13)5-10(14)12(9)15/h2-5H,1H3,(H,16,17). The maximum atomic E-state index is 11.2. The van der Waals surface area contributed by atoms with Crippen LogP contribution in [0.2, 0.25) is 15.1 Å². The third kappa shape index (κ3) is 2.49. The van der Waals surface area contributed by atoms with E-state index < -0.39 is 0 Å². The third-order valence-electron chi connectivity index (χ3n) is 2.40. The van der Waals surface area contributed by atoms with Crippen molar-refractivity contribution in [1.29, 1.82) is 0 Å². The van der Waals surface area contributed by atoms with Crippen LogP contribution in [0.1, 0.15) is 5.69 Å². The molecule has 0 amide bonds. The van der Waals surface area contributed by atoms with Crippen LogP contribution in [0.4, 0.5) is 0 Å². The Morgan fingerprint density at radius 2 is 1.76 bits per heavy atom. The second kappa shape index (κ2) is 4.73. The van der Waals surface area contributed by atoms with E-state index in [1.807, 2.05) is 0 Å². The number of nitrogens with one attached hydrogen (secondary N) is 1. The molecular formula is C12H8Cl3NO. The lowest BCUT2D eigenvalue weighted by Gasteiger charge is -2.09. The van der Waals surface area contributed by atoms with E-state index in [4.69, 9.17) is 34.8 Å². The Balaban J connectivity index is 2.72. The van der Waals surface area contributed by atoms with Crippen molar-refractivity contribution in [3.8, 4) is 11.1 Å². The summed E-state index contributed by atoms with van der Waals surface area (Å²) in [6.45, 7) is 1.79. The zero-order valence-corrected chi connectivity index (χ0v) is 11.1. The van der Waals surface area contributed by atoms with Gasteiger partial charge in [-0.1, -0.05) is 34.8 Å². The molecule has 0 atom stereocenters. The number of aromatic nitrogens is 1. The second-order valence-electron chi connectivity index (χ2n) is 3.61. The number of halogens is 3. The van der Waals surface area contributed by atoms with Crippen molar-refractivity contribution in [2.45, 2.75) is 6.92 Å². The molecule has 0 saturated heterocycles. The van der Waals surface area contributed by atoms with Crippen molar-refractivity contribution in [3.63, 3.8) is 0 Å². The van der Waals surface area contributed by atoms with Gasteiger partial charge in [-0.05, 0) is 25.1 Å². The normalized spacial score (nSPS) is 10.6. The number of aryl methyl sites for hydroxylation is 1. The van der Waals surface area contributed by atoms with E-state index in [0.29, 0.717) is 20.6 Å². The molecule has 1 N–H and O–H groups in total. The topological polar surface area (TPSA) is 32.9 Å². The summed E-state index contributed by atoms with van der Waals surface area (Å²) in [6.07, 6.45) is 0. The lowest BCUT2D eigenvalue weighted by atomic mass is 10.0. The molecule has 0 radical (unpaired) electrons. The van der Waals surface area contributed by atoms with Crippen LogP contribution in [0.15, 0.2) is 29.1 Å². The minimum absolute atomic E-state index is 0.157. The van der Waals surface area contributed by atoms with Crippen molar-refractivity contribution < 1.29 is 0 Å². The zero-order chi connectivity index (χ0) is 12.6. The molecule has 1 heterocycles. The summed E-state index contributed by atoms with van der Waals surface area (Å²) in [5, 5.41) is 1.31. The quantitative estimate of drug-likeness (QED) is 0.779. The van der Waals surface area contributed by atoms with Gasteiger partial charge in [0, 0.05) is 27.9 Å². The molecular weight excluding hydrogens is 280 g/mol. The van der Waals surface area contributed by atoms with Crippen LogP contribution in [0.3, 0.4) is 0 Å². The van der Waals surface area contributed by atoms with Crippen LogP contribution in [-0.4, -0.2) is 4.98 Å². The number of rotatable bonds is 1. The summed E-state index contributed by atoms with van der Waals surface area (Å²) >= 11 is 18.0. The molecule has 0 fully saturated rings. The number of pyridine rings is 1. The van der Waals surface area contributed by atoms with Crippen LogP contribution < -0.4 is 5.56 Å². The van der Waals surface area contributed by atoms with Crippen molar-refractivity contribution in [3.05, 3.63) is 55.4 Å². The van der Waals surface area contributed by atoms with Gasteiger partial charge in [-0.3, -0.25) is 4.79 Å². The van der Waals surface area contributed by atoms with Gasteiger partial charge in [0.05, 0.1) is 10.0 Å². The fourth-order valence-electron chi connectivity index (χ4n) is 1.62. The van der Waals surface area contributed by atoms with Gasteiger partial charge in [-0.15, -0.1) is 0 Å². The van der Waals surface area contributed by atoms with E-state index in [9.17, 15) is 4.79 Å². The minimum atomic E-state index is -0.157. The Kier molecular flexibility index (Phi) is 3.48. The molecule has 5 heteroatoms. The Labute approximate surface area is 113 Å². The molecule has 1 aromatic carbocycles. The highest BCUT2D eigenvalue weighted by Crippen LogP contribution is 2.36. The average Bonchev–Trinajstić information content (AvgIpc) is 2.24. The van der Waals surface area contributed by atoms with Crippen molar-refractivity contribution >= 4 is 34.8 Å². The van der Waals surface area contributed by atoms with Gasteiger partial charge in [0.1, 0.15) is 0 Å². The SMILES string of the molecule is Cc1[nH]c(=O)ccc1-c1cc(Cl)cc(Cl)c1Cl. The van der Waals surface area contributed by atoms with E-state index in [1.54, 1.807) is 25.1 Å². The predicted molar refractivity (Wildman–Crippen MR) is 72.3 cm³/mol. The van der Waals surface area contributed by atoms with Gasteiger partial charge >= 0.3 is 0 Å². The first-order valence-electron chi connectivity index (χ1n) is 4.84. The summed E-state index contributed by atoms with van der Waals surface area (Å²) in [5.41, 5.74) is 2.07. The largest absolute Gasteiger partial charge is 0.326 e. The van der Waals surface area contributed by atoms with E-state index >= 15 is 0 Å². The van der Waals surface area contributed by atoms with Crippen LogP contribution in [0.5, 0.6) is 0 Å². The molecule has 17 heavy (non-hydrogen) atoms. The molecule has 88 valence electrons. The molecule has 0 saturated carbocycles. The van der Waals surface area contributed by atoms with Crippen LogP contribution >= 0.6 is 34.8 Å². The summed E-state index contributed by atoms with van der Waals surface area (Å²) in [4.78, 5) is 13.9. The predicted octanol–water partition coefficient (Wildman–Crippen LogP) is 4.31. The van der Waals surface area contributed by atoms with Crippen LogP contribution in [-0.2, 0) is 0 Å². The summed E-state index contributed by atoms with van der Waals surface area (Å²) < 4.78 is 0.